The van der Waals surface area contributed by atoms with Gasteiger partial charge in [0.1, 0.15) is 0 Å². The van der Waals surface area contributed by atoms with Gasteiger partial charge in [0.2, 0.25) is 5.91 Å². The van der Waals surface area contributed by atoms with Crippen molar-refractivity contribution in [3.8, 4) is 0 Å². The number of amidine groups is 1. The molecule has 0 saturated carbocycles. The van der Waals surface area contributed by atoms with Crippen molar-refractivity contribution in [1.82, 2.24) is 15.2 Å². The van der Waals surface area contributed by atoms with E-state index in [-0.39, 0.29) is 40.9 Å². The lowest BCUT2D eigenvalue weighted by molar-refractivity contribution is -0.129. The Morgan fingerprint density at radius 2 is 2.40 bits per heavy atom. The SMILES string of the molecule is N/C(=N\O)c1nonc1SCC(=O)N1CCC[C@H]1CO. The topological polar surface area (TPSA) is 138 Å². The number of likely N-dealkylation sites (tertiary alicyclic amines) is 1. The van der Waals surface area contributed by atoms with Crippen LogP contribution in [0.1, 0.15) is 18.5 Å². The molecule has 1 amide bonds. The molecule has 0 aromatic carbocycles. The highest BCUT2D eigenvalue weighted by atomic mass is 32.2. The molecule has 0 spiro atoms. The first-order valence-corrected chi connectivity index (χ1v) is 6.99. The van der Waals surface area contributed by atoms with Crippen LogP contribution in [0.5, 0.6) is 0 Å². The Bertz CT molecular complexity index is 506. The molecule has 1 aliphatic rings. The highest BCUT2D eigenvalue weighted by Crippen LogP contribution is 2.22. The summed E-state index contributed by atoms with van der Waals surface area (Å²) in [7, 11) is 0. The van der Waals surface area contributed by atoms with Crippen molar-refractivity contribution < 1.29 is 19.7 Å². The van der Waals surface area contributed by atoms with Crippen LogP contribution >= 0.6 is 11.8 Å². The lowest BCUT2D eigenvalue weighted by atomic mass is 10.2. The number of oxime groups is 1. The molecule has 4 N–H and O–H groups in total. The monoisotopic (exact) mass is 301 g/mol. The Labute approximate surface area is 118 Å². The Morgan fingerprint density at radius 1 is 1.60 bits per heavy atom. The number of carbonyl (C=O) groups is 1. The van der Waals surface area contributed by atoms with E-state index in [4.69, 9.17) is 10.9 Å². The third-order valence-electron chi connectivity index (χ3n) is 3.05. The van der Waals surface area contributed by atoms with Crippen LogP contribution in [0.25, 0.3) is 0 Å². The molecule has 1 aromatic rings. The normalized spacial score (nSPS) is 19.6. The van der Waals surface area contributed by atoms with Gasteiger partial charge in [-0.25, -0.2) is 4.63 Å². The molecule has 110 valence electrons. The molecule has 20 heavy (non-hydrogen) atoms. The average Bonchev–Trinajstić information content (AvgIpc) is 3.12. The zero-order valence-corrected chi connectivity index (χ0v) is 11.4. The fraction of sp³-hybridized carbons (Fsp3) is 0.600. The van der Waals surface area contributed by atoms with E-state index in [1.807, 2.05) is 0 Å². The lowest BCUT2D eigenvalue weighted by Crippen LogP contribution is -2.38. The molecule has 9 nitrogen and oxygen atoms in total. The molecule has 1 aliphatic heterocycles. The fourth-order valence-electron chi connectivity index (χ4n) is 2.05. The van der Waals surface area contributed by atoms with Gasteiger partial charge in [-0.1, -0.05) is 16.9 Å². The number of rotatable bonds is 5. The molecule has 0 radical (unpaired) electrons. The molecule has 1 saturated heterocycles. The van der Waals surface area contributed by atoms with E-state index in [9.17, 15) is 9.90 Å². The van der Waals surface area contributed by atoms with Gasteiger partial charge in [-0.3, -0.25) is 4.79 Å². The van der Waals surface area contributed by atoms with Crippen LogP contribution in [-0.2, 0) is 4.79 Å². The van der Waals surface area contributed by atoms with Gasteiger partial charge in [-0.15, -0.1) is 0 Å². The van der Waals surface area contributed by atoms with Gasteiger partial charge >= 0.3 is 0 Å². The maximum atomic E-state index is 12.1. The van der Waals surface area contributed by atoms with Gasteiger partial charge in [0.05, 0.1) is 18.4 Å². The second kappa shape index (κ2) is 6.57. The second-order valence-corrected chi connectivity index (χ2v) is 5.22. The predicted octanol–water partition coefficient (Wildman–Crippen LogP) is -0.761. The molecular weight excluding hydrogens is 286 g/mol. The summed E-state index contributed by atoms with van der Waals surface area (Å²) in [6.07, 6.45) is 1.70. The minimum Gasteiger partial charge on any atom is -0.409 e. The maximum absolute atomic E-state index is 12.1. The van der Waals surface area contributed by atoms with E-state index in [0.29, 0.717) is 6.54 Å². The quantitative estimate of drug-likeness (QED) is 0.212. The van der Waals surface area contributed by atoms with Crippen LogP contribution in [0, 0.1) is 0 Å². The summed E-state index contributed by atoms with van der Waals surface area (Å²) in [5, 5.41) is 28.0. The number of nitrogens with zero attached hydrogens (tertiary/aromatic N) is 4. The first-order chi connectivity index (χ1) is 9.67. The van der Waals surface area contributed by atoms with Crippen LogP contribution in [0.3, 0.4) is 0 Å². The van der Waals surface area contributed by atoms with Crippen LogP contribution in [0.2, 0.25) is 0 Å². The van der Waals surface area contributed by atoms with Crippen molar-refractivity contribution in [3.63, 3.8) is 0 Å². The molecule has 10 heteroatoms. The van der Waals surface area contributed by atoms with Gasteiger partial charge in [0, 0.05) is 6.54 Å². The number of carbonyl (C=O) groups excluding carboxylic acids is 1. The number of nitrogens with two attached hydrogens (primary N) is 1. The van der Waals surface area contributed by atoms with Crippen molar-refractivity contribution in [3.05, 3.63) is 5.69 Å². The standard InChI is InChI=1S/C10H15N5O4S/c11-9(12-18)8-10(14-19-13-8)20-5-7(17)15-3-1-2-6(15)4-16/h6,16,18H,1-5H2,(H2,11,12)/t6-/m0/s1. The molecule has 2 heterocycles. The minimum atomic E-state index is -0.226. The molecule has 0 aliphatic carbocycles. The summed E-state index contributed by atoms with van der Waals surface area (Å²) in [6.45, 7) is 0.617. The van der Waals surface area contributed by atoms with Crippen molar-refractivity contribution in [2.24, 2.45) is 10.9 Å². The molecule has 1 fully saturated rings. The number of aromatic nitrogens is 2. The van der Waals surface area contributed by atoms with E-state index >= 15 is 0 Å². The summed E-state index contributed by atoms with van der Waals surface area (Å²) in [5.74, 6) is -0.202. The summed E-state index contributed by atoms with van der Waals surface area (Å²) >= 11 is 1.09. The fourth-order valence-corrected chi connectivity index (χ4v) is 2.84. The Morgan fingerprint density at radius 3 is 3.10 bits per heavy atom. The van der Waals surface area contributed by atoms with Gasteiger partial charge in [-0.2, -0.15) is 0 Å². The van der Waals surface area contributed by atoms with Gasteiger partial charge in [0.25, 0.3) is 0 Å². The molecule has 1 atom stereocenters. The smallest absolute Gasteiger partial charge is 0.233 e. The first kappa shape index (κ1) is 14.6. The maximum Gasteiger partial charge on any atom is 0.233 e. The Kier molecular flexibility index (Phi) is 4.79. The lowest BCUT2D eigenvalue weighted by Gasteiger charge is -2.22. The molecule has 0 bridgehead atoms. The van der Waals surface area contributed by atoms with Crippen molar-refractivity contribution in [2.75, 3.05) is 18.9 Å². The van der Waals surface area contributed by atoms with E-state index < -0.39 is 0 Å². The van der Waals surface area contributed by atoms with Crippen molar-refractivity contribution in [2.45, 2.75) is 23.9 Å². The number of hydrogen-bond donors (Lipinski definition) is 3. The second-order valence-electron chi connectivity index (χ2n) is 4.26. The van der Waals surface area contributed by atoms with Gasteiger partial charge < -0.3 is 20.9 Å². The third-order valence-corrected chi connectivity index (χ3v) is 3.98. The molecule has 0 unspecified atom stereocenters. The highest BCUT2D eigenvalue weighted by Gasteiger charge is 2.28. The van der Waals surface area contributed by atoms with Crippen LogP contribution in [0.15, 0.2) is 14.8 Å². The molecule has 1 aromatic heterocycles. The number of aliphatic hydroxyl groups is 1. The van der Waals surface area contributed by atoms with E-state index in [1.54, 1.807) is 4.90 Å². The Balaban J connectivity index is 1.95. The minimum absolute atomic E-state index is 0.0305. The molecular formula is C10H15N5O4S. The number of hydrogen-bond acceptors (Lipinski definition) is 8. The summed E-state index contributed by atoms with van der Waals surface area (Å²) in [4.78, 5) is 13.7. The third kappa shape index (κ3) is 3.02. The van der Waals surface area contributed by atoms with Crippen LogP contribution in [-0.4, -0.2) is 62.2 Å². The van der Waals surface area contributed by atoms with E-state index in [0.717, 1.165) is 24.6 Å². The van der Waals surface area contributed by atoms with Crippen molar-refractivity contribution in [1.29, 1.82) is 0 Å². The predicted molar refractivity (Wildman–Crippen MR) is 69.4 cm³/mol. The van der Waals surface area contributed by atoms with E-state index in [1.165, 1.54) is 0 Å². The van der Waals surface area contributed by atoms with Crippen LogP contribution < -0.4 is 5.73 Å². The highest BCUT2D eigenvalue weighted by molar-refractivity contribution is 8.00. The zero-order chi connectivity index (χ0) is 14.5. The summed E-state index contributed by atoms with van der Waals surface area (Å²) in [5.41, 5.74) is 5.51. The van der Waals surface area contributed by atoms with Gasteiger partial charge in [-0.05, 0) is 23.2 Å². The molecule has 2 rings (SSSR count). The van der Waals surface area contributed by atoms with Crippen molar-refractivity contribution >= 4 is 23.5 Å². The number of thioether (sulfide) groups is 1. The zero-order valence-electron chi connectivity index (χ0n) is 10.6. The first-order valence-electron chi connectivity index (χ1n) is 6.01. The van der Waals surface area contributed by atoms with Crippen LogP contribution in [0.4, 0.5) is 0 Å². The van der Waals surface area contributed by atoms with E-state index in [2.05, 4.69) is 20.1 Å². The summed E-state index contributed by atoms with van der Waals surface area (Å²) in [6, 6.07) is -0.109. The largest absolute Gasteiger partial charge is 0.409 e. The average molecular weight is 301 g/mol. The number of aliphatic hydroxyl groups excluding tert-OH is 1. The number of amides is 1. The summed E-state index contributed by atoms with van der Waals surface area (Å²) < 4.78 is 4.51. The Hall–Kier alpha value is -1.81. The van der Waals surface area contributed by atoms with Gasteiger partial charge in [0.15, 0.2) is 16.6 Å².